The summed E-state index contributed by atoms with van der Waals surface area (Å²) in [7, 11) is 0. The summed E-state index contributed by atoms with van der Waals surface area (Å²) in [5, 5.41) is 3.52. The molecule has 1 aromatic heterocycles. The SMILES string of the molecule is CC(C1CC1)n1cncc1CNC(C)(C)C. The van der Waals surface area contributed by atoms with E-state index in [9.17, 15) is 0 Å². The molecule has 3 heteroatoms. The van der Waals surface area contributed by atoms with Crippen molar-refractivity contribution in [1.82, 2.24) is 14.9 Å². The van der Waals surface area contributed by atoms with Gasteiger partial charge in [0, 0.05) is 24.3 Å². The third kappa shape index (κ3) is 2.85. The second-order valence-corrected chi connectivity index (χ2v) is 5.97. The summed E-state index contributed by atoms with van der Waals surface area (Å²) in [6, 6.07) is 0.610. The third-order valence-electron chi connectivity index (χ3n) is 3.29. The van der Waals surface area contributed by atoms with Crippen molar-refractivity contribution >= 4 is 0 Å². The second kappa shape index (κ2) is 4.21. The molecular weight excluding hydrogens is 198 g/mol. The summed E-state index contributed by atoms with van der Waals surface area (Å²) in [6.07, 6.45) is 6.72. The Morgan fingerprint density at radius 2 is 2.19 bits per heavy atom. The van der Waals surface area contributed by atoms with Crippen molar-refractivity contribution in [1.29, 1.82) is 0 Å². The largest absolute Gasteiger partial charge is 0.330 e. The van der Waals surface area contributed by atoms with Gasteiger partial charge in [0.2, 0.25) is 0 Å². The molecule has 3 nitrogen and oxygen atoms in total. The summed E-state index contributed by atoms with van der Waals surface area (Å²) in [4.78, 5) is 4.28. The average Bonchev–Trinajstić information content (AvgIpc) is 2.92. The molecule has 1 fully saturated rings. The Morgan fingerprint density at radius 1 is 1.50 bits per heavy atom. The van der Waals surface area contributed by atoms with E-state index < -0.39 is 0 Å². The number of hydrogen-bond donors (Lipinski definition) is 1. The number of rotatable bonds is 4. The Kier molecular flexibility index (Phi) is 3.06. The first-order chi connectivity index (χ1) is 7.47. The maximum absolute atomic E-state index is 4.28. The fourth-order valence-corrected chi connectivity index (χ4v) is 2.00. The minimum atomic E-state index is 0.165. The van der Waals surface area contributed by atoms with Gasteiger partial charge in [-0.1, -0.05) is 0 Å². The lowest BCUT2D eigenvalue weighted by Crippen LogP contribution is -2.35. The number of aromatic nitrogens is 2. The first-order valence-corrected chi connectivity index (χ1v) is 6.23. The lowest BCUT2D eigenvalue weighted by atomic mass is 10.1. The van der Waals surface area contributed by atoms with Crippen molar-refractivity contribution in [3.05, 3.63) is 18.2 Å². The molecule has 1 aromatic rings. The predicted molar refractivity (Wildman–Crippen MR) is 66.3 cm³/mol. The summed E-state index contributed by atoms with van der Waals surface area (Å²) >= 11 is 0. The van der Waals surface area contributed by atoms with E-state index in [1.54, 1.807) is 0 Å². The van der Waals surface area contributed by atoms with Crippen LogP contribution in [0.2, 0.25) is 0 Å². The molecule has 0 aliphatic heterocycles. The lowest BCUT2D eigenvalue weighted by molar-refractivity contribution is 0.401. The Bertz CT molecular complexity index is 344. The highest BCUT2D eigenvalue weighted by atomic mass is 15.1. The van der Waals surface area contributed by atoms with E-state index in [0.717, 1.165) is 12.5 Å². The molecule has 1 N–H and O–H groups in total. The van der Waals surface area contributed by atoms with E-state index in [1.807, 2.05) is 12.5 Å². The van der Waals surface area contributed by atoms with Gasteiger partial charge in [-0.3, -0.25) is 0 Å². The number of imidazole rings is 1. The van der Waals surface area contributed by atoms with Crippen LogP contribution in [0.15, 0.2) is 12.5 Å². The second-order valence-electron chi connectivity index (χ2n) is 5.97. The van der Waals surface area contributed by atoms with Crippen LogP contribution >= 0.6 is 0 Å². The Morgan fingerprint density at radius 3 is 2.75 bits per heavy atom. The van der Waals surface area contributed by atoms with Gasteiger partial charge in [0.15, 0.2) is 0 Å². The molecule has 0 spiro atoms. The van der Waals surface area contributed by atoms with E-state index in [1.165, 1.54) is 18.5 Å². The fourth-order valence-electron chi connectivity index (χ4n) is 2.00. The maximum atomic E-state index is 4.28. The summed E-state index contributed by atoms with van der Waals surface area (Å²) < 4.78 is 2.33. The van der Waals surface area contributed by atoms with Crippen LogP contribution < -0.4 is 5.32 Å². The minimum absolute atomic E-state index is 0.165. The number of nitrogens with one attached hydrogen (secondary N) is 1. The highest BCUT2D eigenvalue weighted by Crippen LogP contribution is 2.39. The molecule has 90 valence electrons. The molecule has 2 rings (SSSR count). The van der Waals surface area contributed by atoms with E-state index in [4.69, 9.17) is 0 Å². The molecule has 1 atom stereocenters. The standard InChI is InChI=1S/C13H23N3/c1-10(11-5-6-11)16-9-14-7-12(16)8-15-13(2,3)4/h7,9-11,15H,5-6,8H2,1-4H3. The van der Waals surface area contributed by atoms with Crippen molar-refractivity contribution in [2.45, 2.75) is 58.7 Å². The molecule has 1 saturated carbocycles. The maximum Gasteiger partial charge on any atom is 0.0951 e. The lowest BCUT2D eigenvalue weighted by Gasteiger charge is -2.22. The minimum Gasteiger partial charge on any atom is -0.330 e. The smallest absolute Gasteiger partial charge is 0.0951 e. The van der Waals surface area contributed by atoms with Gasteiger partial charge in [-0.15, -0.1) is 0 Å². The molecule has 0 aromatic carbocycles. The van der Waals surface area contributed by atoms with Crippen LogP contribution in [0.4, 0.5) is 0 Å². The van der Waals surface area contributed by atoms with E-state index >= 15 is 0 Å². The zero-order valence-electron chi connectivity index (χ0n) is 10.8. The van der Waals surface area contributed by atoms with Gasteiger partial charge in [0.1, 0.15) is 0 Å². The Balaban J connectivity index is 2.01. The quantitative estimate of drug-likeness (QED) is 0.847. The van der Waals surface area contributed by atoms with Crippen LogP contribution in [0.3, 0.4) is 0 Å². The first-order valence-electron chi connectivity index (χ1n) is 6.23. The van der Waals surface area contributed by atoms with Crippen molar-refractivity contribution in [2.24, 2.45) is 5.92 Å². The fraction of sp³-hybridized carbons (Fsp3) is 0.769. The zero-order chi connectivity index (χ0) is 11.8. The van der Waals surface area contributed by atoms with E-state index in [-0.39, 0.29) is 5.54 Å². The first kappa shape index (κ1) is 11.6. The molecule has 1 aliphatic rings. The highest BCUT2D eigenvalue weighted by Gasteiger charge is 2.29. The van der Waals surface area contributed by atoms with Gasteiger partial charge in [-0.2, -0.15) is 0 Å². The molecule has 16 heavy (non-hydrogen) atoms. The molecule has 0 bridgehead atoms. The van der Waals surface area contributed by atoms with Gasteiger partial charge in [0.05, 0.1) is 12.0 Å². The number of nitrogens with zero attached hydrogens (tertiary/aromatic N) is 2. The van der Waals surface area contributed by atoms with Gasteiger partial charge in [0.25, 0.3) is 0 Å². The van der Waals surface area contributed by atoms with Crippen LogP contribution in [0.25, 0.3) is 0 Å². The zero-order valence-corrected chi connectivity index (χ0v) is 10.8. The van der Waals surface area contributed by atoms with Crippen molar-refractivity contribution in [2.75, 3.05) is 0 Å². The topological polar surface area (TPSA) is 29.9 Å². The summed E-state index contributed by atoms with van der Waals surface area (Å²) in [5.74, 6) is 0.877. The van der Waals surface area contributed by atoms with Crippen molar-refractivity contribution in [3.63, 3.8) is 0 Å². The van der Waals surface area contributed by atoms with Gasteiger partial charge < -0.3 is 9.88 Å². The average molecular weight is 221 g/mol. The highest BCUT2D eigenvalue weighted by molar-refractivity contribution is 5.02. The molecule has 0 amide bonds. The van der Waals surface area contributed by atoms with Crippen molar-refractivity contribution in [3.8, 4) is 0 Å². The number of hydrogen-bond acceptors (Lipinski definition) is 2. The van der Waals surface area contributed by atoms with E-state index in [2.05, 4.69) is 42.6 Å². The normalized spacial score (nSPS) is 18.8. The van der Waals surface area contributed by atoms with Crippen molar-refractivity contribution < 1.29 is 0 Å². The molecule has 0 radical (unpaired) electrons. The van der Waals surface area contributed by atoms with Crippen LogP contribution in [0.5, 0.6) is 0 Å². The predicted octanol–water partition coefficient (Wildman–Crippen LogP) is 2.74. The third-order valence-corrected chi connectivity index (χ3v) is 3.29. The molecule has 1 unspecified atom stereocenters. The Hall–Kier alpha value is -0.830. The van der Waals surface area contributed by atoms with Crippen LogP contribution in [0, 0.1) is 5.92 Å². The summed E-state index contributed by atoms with van der Waals surface area (Å²) in [5.41, 5.74) is 1.46. The van der Waals surface area contributed by atoms with E-state index in [0.29, 0.717) is 6.04 Å². The van der Waals surface area contributed by atoms with Crippen LogP contribution in [-0.2, 0) is 6.54 Å². The summed E-state index contributed by atoms with van der Waals surface area (Å²) in [6.45, 7) is 9.79. The molecule has 1 aliphatic carbocycles. The molecular formula is C13H23N3. The van der Waals surface area contributed by atoms with Gasteiger partial charge >= 0.3 is 0 Å². The monoisotopic (exact) mass is 221 g/mol. The van der Waals surface area contributed by atoms with Gasteiger partial charge in [-0.25, -0.2) is 4.98 Å². The molecule has 1 heterocycles. The van der Waals surface area contributed by atoms with Crippen LogP contribution in [-0.4, -0.2) is 15.1 Å². The molecule has 0 saturated heterocycles. The van der Waals surface area contributed by atoms with Crippen LogP contribution in [0.1, 0.15) is 52.3 Å². The Labute approximate surface area is 98.3 Å². The van der Waals surface area contributed by atoms with Gasteiger partial charge in [-0.05, 0) is 46.5 Å².